The Morgan fingerprint density at radius 3 is 1.43 bits per heavy atom. The van der Waals surface area contributed by atoms with E-state index in [1.165, 1.54) is 149 Å². The molecule has 0 aromatic heterocycles. The molecule has 0 aromatic carbocycles. The molecule has 1 N–H and O–H groups in total. The first-order chi connectivity index (χ1) is 22.6. The second kappa shape index (κ2) is 40.2. The summed E-state index contributed by atoms with van der Waals surface area (Å²) in [5.41, 5.74) is 0. The third-order valence-corrected chi connectivity index (χ3v) is 13.4. The van der Waals surface area contributed by atoms with E-state index in [2.05, 4.69) is 72.8 Å². The number of nitrogens with zero attached hydrogens (tertiary/aromatic N) is 1. The molecule has 0 radical (unpaired) electrons. The van der Waals surface area contributed by atoms with Gasteiger partial charge in [0.05, 0.1) is 0 Å². The molecule has 0 saturated carbocycles. The molecule has 0 saturated heterocycles. The van der Waals surface area contributed by atoms with E-state index in [1.54, 1.807) is 0 Å². The maximum absolute atomic E-state index is 12.7. The van der Waals surface area contributed by atoms with E-state index in [0.717, 1.165) is 45.2 Å². The monoisotopic (exact) mass is 723 g/mol. The molecule has 0 aliphatic rings. The molecule has 0 spiro atoms. The molecule has 0 bridgehead atoms. The number of unbranched alkanes of at least 4 members (excludes halogenated alkanes) is 15. The Hall–Kier alpha value is 0.790. The maximum Gasteiger partial charge on any atom is 0.306 e. The van der Waals surface area contributed by atoms with Crippen molar-refractivity contribution in [1.82, 2.24) is 4.90 Å². The second-order valence-electron chi connectivity index (χ2n) is 13.1. The third-order valence-electron chi connectivity index (χ3n) is 8.41. The number of hydrogen-bond acceptors (Lipinski definition) is 8. The SMILES string of the molecule is CCCCCSCSCCCCCCCCC(CCCCCCCCSCSCCCCC)OC(=O)CCCN(C)CCCCO. The number of aliphatic hydroxyl groups excluding tert-OH is 1. The van der Waals surface area contributed by atoms with E-state index < -0.39 is 0 Å². The smallest absolute Gasteiger partial charge is 0.306 e. The maximum atomic E-state index is 12.7. The van der Waals surface area contributed by atoms with E-state index in [-0.39, 0.29) is 18.7 Å². The van der Waals surface area contributed by atoms with E-state index >= 15 is 0 Å². The summed E-state index contributed by atoms with van der Waals surface area (Å²) in [5.74, 6) is 5.29. The zero-order valence-corrected chi connectivity index (χ0v) is 34.0. The van der Waals surface area contributed by atoms with Crippen LogP contribution in [-0.2, 0) is 9.53 Å². The largest absolute Gasteiger partial charge is 0.462 e. The van der Waals surface area contributed by atoms with E-state index in [0.29, 0.717) is 6.42 Å². The van der Waals surface area contributed by atoms with Crippen molar-refractivity contribution in [2.24, 2.45) is 0 Å². The highest BCUT2D eigenvalue weighted by Crippen LogP contribution is 2.20. The summed E-state index contributed by atoms with van der Waals surface area (Å²) in [4.78, 5) is 15.0. The molecule has 0 fully saturated rings. The summed E-state index contributed by atoms with van der Waals surface area (Å²) in [7, 11) is 2.10. The molecule has 276 valence electrons. The van der Waals surface area contributed by atoms with Crippen LogP contribution in [0.15, 0.2) is 0 Å². The molecule has 0 aliphatic carbocycles. The Morgan fingerprint density at radius 1 is 0.565 bits per heavy atom. The average molecular weight is 724 g/mol. The fraction of sp³-hybridized carbons (Fsp3) is 0.974. The van der Waals surface area contributed by atoms with Crippen molar-refractivity contribution >= 4 is 53.0 Å². The number of carbonyl (C=O) groups is 1. The van der Waals surface area contributed by atoms with Gasteiger partial charge < -0.3 is 14.7 Å². The molecule has 0 aromatic rings. The first kappa shape index (κ1) is 46.8. The van der Waals surface area contributed by atoms with Crippen molar-refractivity contribution in [3.63, 3.8) is 0 Å². The lowest BCUT2D eigenvalue weighted by atomic mass is 10.0. The summed E-state index contributed by atoms with van der Waals surface area (Å²) >= 11 is 8.47. The van der Waals surface area contributed by atoms with Crippen LogP contribution in [0.5, 0.6) is 0 Å². The van der Waals surface area contributed by atoms with Crippen LogP contribution < -0.4 is 0 Å². The highest BCUT2D eigenvalue weighted by molar-refractivity contribution is 8.16. The van der Waals surface area contributed by atoms with Gasteiger partial charge in [-0.2, -0.15) is 47.0 Å². The summed E-state index contributed by atoms with van der Waals surface area (Å²) in [5, 5.41) is 11.5. The summed E-state index contributed by atoms with van der Waals surface area (Å²) in [6.07, 6.45) is 29.2. The average Bonchev–Trinajstić information content (AvgIpc) is 3.05. The second-order valence-corrected chi connectivity index (χ2v) is 18.2. The summed E-state index contributed by atoms with van der Waals surface area (Å²) < 4.78 is 6.06. The number of aliphatic hydroxyl groups is 1. The van der Waals surface area contributed by atoms with E-state index in [4.69, 9.17) is 9.84 Å². The van der Waals surface area contributed by atoms with Gasteiger partial charge in [-0.3, -0.25) is 4.79 Å². The quantitative estimate of drug-likeness (QED) is 0.0382. The first-order valence-corrected chi connectivity index (χ1v) is 24.1. The van der Waals surface area contributed by atoms with Crippen molar-refractivity contribution in [3.05, 3.63) is 0 Å². The lowest BCUT2D eigenvalue weighted by molar-refractivity contribution is -0.150. The van der Waals surface area contributed by atoms with Gasteiger partial charge >= 0.3 is 5.97 Å². The minimum Gasteiger partial charge on any atom is -0.462 e. The third kappa shape index (κ3) is 37.6. The number of thioether (sulfide) groups is 4. The van der Waals surface area contributed by atoms with Gasteiger partial charge in [0.1, 0.15) is 6.10 Å². The normalized spacial score (nSPS) is 11.7. The van der Waals surface area contributed by atoms with Crippen LogP contribution >= 0.6 is 47.0 Å². The van der Waals surface area contributed by atoms with Crippen LogP contribution in [0.25, 0.3) is 0 Å². The van der Waals surface area contributed by atoms with Gasteiger partial charge in [0.25, 0.3) is 0 Å². The Balaban J connectivity index is 4.08. The van der Waals surface area contributed by atoms with Crippen LogP contribution in [-0.4, -0.2) is 82.0 Å². The minimum atomic E-state index is -0.00388. The molecular formula is C38H77NO3S4. The number of esters is 1. The van der Waals surface area contributed by atoms with Crippen LogP contribution in [0.2, 0.25) is 0 Å². The van der Waals surface area contributed by atoms with Crippen LogP contribution in [0.3, 0.4) is 0 Å². The van der Waals surface area contributed by atoms with Crippen LogP contribution in [0.4, 0.5) is 0 Å². The fourth-order valence-electron chi connectivity index (χ4n) is 5.43. The molecule has 0 aliphatic heterocycles. The Morgan fingerprint density at radius 2 is 0.978 bits per heavy atom. The standard InChI is InChI=1S/C38H77NO3S4/c1-4-6-20-31-43-35-45-33-22-14-10-8-12-16-25-37(42-38(41)27-24-29-39(3)28-18-19-30-40)26-17-13-9-11-15-23-34-46-36-44-32-21-7-5-2/h37,40H,4-36H2,1-3H3. The van der Waals surface area contributed by atoms with E-state index in [1.807, 2.05) is 0 Å². The highest BCUT2D eigenvalue weighted by Gasteiger charge is 2.14. The molecule has 0 atom stereocenters. The van der Waals surface area contributed by atoms with Crippen molar-refractivity contribution in [2.45, 2.75) is 174 Å². The minimum absolute atomic E-state index is 0.00388. The van der Waals surface area contributed by atoms with Crippen molar-refractivity contribution < 1.29 is 14.6 Å². The highest BCUT2D eigenvalue weighted by atomic mass is 32.2. The number of ether oxygens (including phenoxy) is 1. The number of hydrogen-bond donors (Lipinski definition) is 1. The van der Waals surface area contributed by atoms with Gasteiger partial charge in [0, 0.05) is 23.2 Å². The Kier molecular flexibility index (Phi) is 40.9. The van der Waals surface area contributed by atoms with E-state index in [9.17, 15) is 4.79 Å². The van der Waals surface area contributed by atoms with Gasteiger partial charge in [0.2, 0.25) is 0 Å². The van der Waals surface area contributed by atoms with Crippen LogP contribution in [0, 0.1) is 0 Å². The molecule has 0 rings (SSSR count). The lowest BCUT2D eigenvalue weighted by Crippen LogP contribution is -2.23. The van der Waals surface area contributed by atoms with Gasteiger partial charge in [-0.15, -0.1) is 0 Å². The molecule has 0 unspecified atom stereocenters. The Bertz CT molecular complexity index is 570. The predicted octanol–water partition coefficient (Wildman–Crippen LogP) is 12.1. The van der Waals surface area contributed by atoms with Crippen LogP contribution in [0.1, 0.15) is 168 Å². The van der Waals surface area contributed by atoms with Crippen molar-refractivity contribution in [2.75, 3.05) is 59.9 Å². The molecular weight excluding hydrogens is 647 g/mol. The van der Waals surface area contributed by atoms with Gasteiger partial charge in [0.15, 0.2) is 0 Å². The lowest BCUT2D eigenvalue weighted by Gasteiger charge is -2.19. The predicted molar refractivity (Wildman–Crippen MR) is 216 cm³/mol. The van der Waals surface area contributed by atoms with Gasteiger partial charge in [-0.1, -0.05) is 90.9 Å². The Labute approximate surface area is 305 Å². The number of carbonyl (C=O) groups excluding carboxylic acids is 1. The van der Waals surface area contributed by atoms with Crippen molar-refractivity contribution in [1.29, 1.82) is 0 Å². The molecule has 8 heteroatoms. The van der Waals surface area contributed by atoms with Gasteiger partial charge in [-0.05, 0) is 114 Å². The molecule has 46 heavy (non-hydrogen) atoms. The zero-order chi connectivity index (χ0) is 33.6. The summed E-state index contributed by atoms with van der Waals surface area (Å²) in [6, 6.07) is 0. The molecule has 0 heterocycles. The first-order valence-electron chi connectivity index (χ1n) is 19.4. The molecule has 0 amide bonds. The zero-order valence-electron chi connectivity index (χ0n) is 30.8. The van der Waals surface area contributed by atoms with Crippen molar-refractivity contribution in [3.8, 4) is 0 Å². The summed E-state index contributed by atoms with van der Waals surface area (Å²) in [6.45, 7) is 6.71. The van der Waals surface area contributed by atoms with Gasteiger partial charge in [-0.25, -0.2) is 0 Å². The topological polar surface area (TPSA) is 49.8 Å². The number of rotatable bonds is 39. The fourth-order valence-corrected chi connectivity index (χ4v) is 9.90. The molecule has 4 nitrogen and oxygen atoms in total.